The van der Waals surface area contributed by atoms with Gasteiger partial charge >= 0.3 is 11.8 Å². The molecule has 0 fully saturated rings. The number of rotatable bonds is 10. The van der Waals surface area contributed by atoms with Gasteiger partial charge in [-0.15, -0.1) is 0 Å². The van der Waals surface area contributed by atoms with Crippen LogP contribution in [-0.4, -0.2) is 44.3 Å². The van der Waals surface area contributed by atoms with E-state index in [4.69, 9.17) is 25.8 Å². The Bertz CT molecular complexity index is 1330. The smallest absolute Gasteiger partial charge is 0.329 e. The molecule has 0 unspecified atom stereocenters. The Morgan fingerprint density at radius 1 is 0.974 bits per heavy atom. The summed E-state index contributed by atoms with van der Waals surface area (Å²) in [6.45, 7) is 1.91. The third kappa shape index (κ3) is 8.63. The number of anilines is 2. The Hall–Kier alpha value is -3.84. The second kappa shape index (κ2) is 14.2. The van der Waals surface area contributed by atoms with Gasteiger partial charge in [0.1, 0.15) is 5.75 Å². The molecule has 3 amide bonds. The molecule has 0 aliphatic rings. The monoisotopic (exact) mass is 650 g/mol. The third-order valence-electron chi connectivity index (χ3n) is 4.72. The zero-order valence-corrected chi connectivity index (χ0v) is 23.3. The van der Waals surface area contributed by atoms with Crippen molar-refractivity contribution >= 4 is 69.5 Å². The molecule has 0 saturated heterocycles. The first-order valence-electron chi connectivity index (χ1n) is 11.2. The van der Waals surface area contributed by atoms with Crippen molar-refractivity contribution in [1.82, 2.24) is 5.43 Å². The molecule has 3 rings (SSSR count). The molecule has 0 spiro atoms. The fraction of sp³-hybridized carbons (Fsp3) is 0.154. The highest BCUT2D eigenvalue weighted by Gasteiger charge is 2.15. The van der Waals surface area contributed by atoms with E-state index in [9.17, 15) is 14.4 Å². The second-order valence-electron chi connectivity index (χ2n) is 7.49. The van der Waals surface area contributed by atoms with Crippen LogP contribution in [0.5, 0.6) is 17.2 Å². The van der Waals surface area contributed by atoms with Gasteiger partial charge in [0.25, 0.3) is 5.91 Å². The summed E-state index contributed by atoms with van der Waals surface area (Å²) in [5, 5.41) is 9.53. The number of amides is 3. The van der Waals surface area contributed by atoms with Gasteiger partial charge in [0.2, 0.25) is 0 Å². The lowest BCUT2D eigenvalue weighted by molar-refractivity contribution is -0.136. The second-order valence-corrected chi connectivity index (χ2v) is 9.09. The SMILES string of the molecule is CCOc1cc(/C=N\NC(=O)C(=O)Nc2ccc(OC)cc2)cc(I)c1OCC(=O)Nc1cccc(Cl)c1. The van der Waals surface area contributed by atoms with Crippen LogP contribution in [0.15, 0.2) is 65.8 Å². The maximum absolute atomic E-state index is 12.3. The number of hydrogen-bond donors (Lipinski definition) is 3. The highest BCUT2D eigenvalue weighted by atomic mass is 127. The number of carbonyl (C=O) groups excluding carboxylic acids is 3. The van der Waals surface area contributed by atoms with Crippen LogP contribution in [0, 0.1) is 3.57 Å². The van der Waals surface area contributed by atoms with E-state index in [0.717, 1.165) is 0 Å². The third-order valence-corrected chi connectivity index (χ3v) is 5.76. The first-order chi connectivity index (χ1) is 18.3. The minimum Gasteiger partial charge on any atom is -0.497 e. The lowest BCUT2D eigenvalue weighted by Gasteiger charge is -2.14. The number of halogens is 2. The van der Waals surface area contributed by atoms with Crippen LogP contribution in [0.2, 0.25) is 5.02 Å². The minimum absolute atomic E-state index is 0.255. The summed E-state index contributed by atoms with van der Waals surface area (Å²) < 4.78 is 17.1. The molecule has 0 aliphatic carbocycles. The molecule has 3 aromatic rings. The van der Waals surface area contributed by atoms with Gasteiger partial charge in [0.15, 0.2) is 18.1 Å². The molecule has 198 valence electrons. The van der Waals surface area contributed by atoms with Crippen molar-refractivity contribution in [2.45, 2.75) is 6.92 Å². The van der Waals surface area contributed by atoms with Crippen LogP contribution in [-0.2, 0) is 14.4 Å². The highest BCUT2D eigenvalue weighted by molar-refractivity contribution is 14.1. The lowest BCUT2D eigenvalue weighted by Crippen LogP contribution is -2.32. The summed E-state index contributed by atoms with van der Waals surface area (Å²) in [5.74, 6) is -0.796. The molecule has 0 aromatic heterocycles. The van der Waals surface area contributed by atoms with Crippen molar-refractivity contribution in [3.8, 4) is 17.2 Å². The van der Waals surface area contributed by atoms with Crippen LogP contribution in [0.3, 0.4) is 0 Å². The number of ether oxygens (including phenoxy) is 3. The minimum atomic E-state index is -0.942. The molecular formula is C26H24ClIN4O6. The predicted molar refractivity (Wildman–Crippen MR) is 153 cm³/mol. The summed E-state index contributed by atoms with van der Waals surface area (Å²) in [7, 11) is 1.53. The van der Waals surface area contributed by atoms with Crippen molar-refractivity contribution in [1.29, 1.82) is 0 Å². The van der Waals surface area contributed by atoms with Crippen molar-refractivity contribution in [3.05, 3.63) is 74.8 Å². The van der Waals surface area contributed by atoms with Crippen LogP contribution in [0.25, 0.3) is 0 Å². The number of hydrazone groups is 1. The Morgan fingerprint density at radius 3 is 2.42 bits per heavy atom. The summed E-state index contributed by atoms with van der Waals surface area (Å²) in [6.07, 6.45) is 1.36. The lowest BCUT2D eigenvalue weighted by atomic mass is 10.2. The van der Waals surface area contributed by atoms with E-state index >= 15 is 0 Å². The van der Waals surface area contributed by atoms with Crippen LogP contribution in [0.1, 0.15) is 12.5 Å². The highest BCUT2D eigenvalue weighted by Crippen LogP contribution is 2.34. The average molecular weight is 651 g/mol. The van der Waals surface area contributed by atoms with Gasteiger partial charge < -0.3 is 24.8 Å². The van der Waals surface area contributed by atoms with Crippen LogP contribution < -0.4 is 30.3 Å². The molecule has 38 heavy (non-hydrogen) atoms. The molecule has 0 heterocycles. The molecule has 0 bridgehead atoms. The number of hydrogen-bond acceptors (Lipinski definition) is 7. The fourth-order valence-corrected chi connectivity index (χ4v) is 4.02. The van der Waals surface area contributed by atoms with Gasteiger partial charge in [-0.05, 0) is 89.7 Å². The van der Waals surface area contributed by atoms with Crippen molar-refractivity contribution < 1.29 is 28.6 Å². The Labute approximate surface area is 237 Å². The topological polar surface area (TPSA) is 127 Å². The average Bonchev–Trinajstić information content (AvgIpc) is 2.88. The van der Waals surface area contributed by atoms with Crippen molar-refractivity contribution in [2.75, 3.05) is 31.0 Å². The summed E-state index contributed by atoms with van der Waals surface area (Å²) in [6, 6.07) is 16.7. The van der Waals surface area contributed by atoms with Crippen molar-refractivity contribution in [2.24, 2.45) is 5.10 Å². The van der Waals surface area contributed by atoms with Gasteiger partial charge in [0, 0.05) is 16.4 Å². The van der Waals surface area contributed by atoms with E-state index < -0.39 is 11.8 Å². The Morgan fingerprint density at radius 2 is 1.74 bits per heavy atom. The van der Waals surface area contributed by atoms with Crippen molar-refractivity contribution in [3.63, 3.8) is 0 Å². The maximum Gasteiger partial charge on any atom is 0.329 e. The Balaban J connectivity index is 1.60. The van der Waals surface area contributed by atoms with Crippen LogP contribution >= 0.6 is 34.2 Å². The molecule has 10 nitrogen and oxygen atoms in total. The number of benzene rings is 3. The van der Waals surface area contributed by atoms with E-state index in [1.54, 1.807) is 60.7 Å². The normalized spacial score (nSPS) is 10.5. The van der Waals surface area contributed by atoms with Gasteiger partial charge in [0.05, 0.1) is 23.5 Å². The standard InChI is InChI=1S/C26H24ClIN4O6/c1-3-37-22-12-16(14-29-32-26(35)25(34)31-18-7-9-20(36-2)10-8-18)11-21(28)24(22)38-15-23(33)30-19-6-4-5-17(27)13-19/h4-14H,3,15H2,1-2H3,(H,30,33)(H,31,34)(H,32,35)/b29-14-. The van der Waals surface area contributed by atoms with Gasteiger partial charge in [-0.2, -0.15) is 5.10 Å². The first kappa shape index (κ1) is 28.7. The van der Waals surface area contributed by atoms with E-state index in [2.05, 4.69) is 21.2 Å². The summed E-state index contributed by atoms with van der Waals surface area (Å²) in [5.41, 5.74) is 3.74. The van der Waals surface area contributed by atoms with Gasteiger partial charge in [-0.3, -0.25) is 14.4 Å². The number of nitrogens with one attached hydrogen (secondary N) is 3. The van der Waals surface area contributed by atoms with E-state index in [0.29, 0.717) is 49.4 Å². The van der Waals surface area contributed by atoms with Gasteiger partial charge in [-0.1, -0.05) is 17.7 Å². The summed E-state index contributed by atoms with van der Waals surface area (Å²) >= 11 is 7.99. The van der Waals surface area contributed by atoms with E-state index in [1.165, 1.54) is 13.3 Å². The quantitative estimate of drug-likeness (QED) is 0.129. The molecule has 0 radical (unpaired) electrons. The molecule has 3 N–H and O–H groups in total. The largest absolute Gasteiger partial charge is 0.497 e. The number of nitrogens with zero attached hydrogens (tertiary/aromatic N) is 1. The molecule has 0 aliphatic heterocycles. The Kier molecular flexibility index (Phi) is 10.7. The molecule has 0 atom stereocenters. The zero-order valence-electron chi connectivity index (χ0n) is 20.4. The number of methoxy groups -OCH3 is 1. The summed E-state index contributed by atoms with van der Waals surface area (Å²) in [4.78, 5) is 36.5. The molecular weight excluding hydrogens is 627 g/mol. The predicted octanol–water partition coefficient (Wildman–Crippen LogP) is 4.46. The number of carbonyl (C=O) groups is 3. The zero-order chi connectivity index (χ0) is 27.5. The van der Waals surface area contributed by atoms with Gasteiger partial charge in [-0.25, -0.2) is 5.43 Å². The van der Waals surface area contributed by atoms with Crippen LogP contribution in [0.4, 0.5) is 11.4 Å². The molecule has 0 saturated carbocycles. The van der Waals surface area contributed by atoms with E-state index in [1.807, 2.05) is 29.5 Å². The maximum atomic E-state index is 12.3. The van der Waals surface area contributed by atoms with E-state index in [-0.39, 0.29) is 12.5 Å². The first-order valence-corrected chi connectivity index (χ1v) is 12.7. The molecule has 12 heteroatoms. The molecule has 3 aromatic carbocycles. The fourth-order valence-electron chi connectivity index (χ4n) is 3.04.